The summed E-state index contributed by atoms with van der Waals surface area (Å²) in [6, 6.07) is 16.1. The molecule has 3 N–H and O–H groups in total. The van der Waals surface area contributed by atoms with E-state index in [0.29, 0.717) is 6.61 Å². The molecule has 25 heavy (non-hydrogen) atoms. The Balaban J connectivity index is 2.24. The molecule has 2 aromatic rings. The van der Waals surface area contributed by atoms with Crippen molar-refractivity contribution in [3.05, 3.63) is 59.7 Å². The van der Waals surface area contributed by atoms with Gasteiger partial charge in [-0.3, -0.25) is 5.43 Å². The molecule has 0 atom stereocenters. The Morgan fingerprint density at radius 2 is 1.92 bits per heavy atom. The van der Waals surface area contributed by atoms with E-state index in [-0.39, 0.29) is 5.11 Å². The Morgan fingerprint density at radius 3 is 2.56 bits per heavy atom. The molecule has 0 saturated heterocycles. The van der Waals surface area contributed by atoms with Gasteiger partial charge in [-0.05, 0) is 43.8 Å². The first-order chi connectivity index (χ1) is 12.1. The van der Waals surface area contributed by atoms with E-state index in [9.17, 15) is 0 Å². The predicted molar refractivity (Wildman–Crippen MR) is 108 cm³/mol. The minimum Gasteiger partial charge on any atom is -0.488 e. The number of hydrazone groups is 1. The van der Waals surface area contributed by atoms with Crippen LogP contribution in [-0.4, -0.2) is 24.4 Å². The zero-order valence-corrected chi connectivity index (χ0v) is 15.4. The molecule has 0 aliphatic carbocycles. The lowest BCUT2D eigenvalue weighted by Gasteiger charge is -2.22. The minimum atomic E-state index is 0.128. The molecular weight excluding hydrogens is 332 g/mol. The largest absolute Gasteiger partial charge is 0.488 e. The zero-order valence-electron chi connectivity index (χ0n) is 14.6. The van der Waals surface area contributed by atoms with Gasteiger partial charge in [0.05, 0.1) is 6.21 Å². The topological polar surface area (TPSA) is 62.9 Å². The van der Waals surface area contributed by atoms with Crippen LogP contribution < -0.4 is 20.8 Å². The van der Waals surface area contributed by atoms with Crippen molar-refractivity contribution in [3.63, 3.8) is 0 Å². The van der Waals surface area contributed by atoms with Gasteiger partial charge in [-0.2, -0.15) is 5.10 Å². The Labute approximate surface area is 154 Å². The molecular formula is C19H24N4OS. The number of rotatable bonds is 8. The average molecular weight is 356 g/mol. The summed E-state index contributed by atoms with van der Waals surface area (Å²) in [5.74, 6) is 0.766. The summed E-state index contributed by atoms with van der Waals surface area (Å²) in [4.78, 5) is 2.27. The van der Waals surface area contributed by atoms with Gasteiger partial charge in [-0.15, -0.1) is 0 Å². The number of nitrogens with zero attached hydrogens (tertiary/aromatic N) is 2. The van der Waals surface area contributed by atoms with Gasteiger partial charge in [0, 0.05) is 30.4 Å². The highest BCUT2D eigenvalue weighted by atomic mass is 32.1. The summed E-state index contributed by atoms with van der Waals surface area (Å²) in [6.45, 7) is 6.63. The molecule has 0 aliphatic heterocycles. The fourth-order valence-corrected chi connectivity index (χ4v) is 2.49. The summed E-state index contributed by atoms with van der Waals surface area (Å²) in [5, 5.41) is 4.16. The Kier molecular flexibility index (Phi) is 7.22. The van der Waals surface area contributed by atoms with Gasteiger partial charge in [0.1, 0.15) is 12.4 Å². The summed E-state index contributed by atoms with van der Waals surface area (Å²) in [7, 11) is 0. The quantitative estimate of drug-likeness (QED) is 0.432. The van der Waals surface area contributed by atoms with Crippen molar-refractivity contribution >= 4 is 29.2 Å². The van der Waals surface area contributed by atoms with Gasteiger partial charge in [0.2, 0.25) is 0 Å². The molecule has 6 heteroatoms. The molecule has 0 aliphatic rings. The van der Waals surface area contributed by atoms with Crippen LogP contribution in [0.25, 0.3) is 0 Å². The molecule has 2 rings (SSSR count). The maximum absolute atomic E-state index is 6.05. The number of hydrogen-bond acceptors (Lipinski definition) is 4. The molecule has 0 radical (unpaired) electrons. The molecule has 2 aromatic carbocycles. The third-order valence-corrected chi connectivity index (χ3v) is 3.83. The van der Waals surface area contributed by atoms with Gasteiger partial charge < -0.3 is 15.4 Å². The van der Waals surface area contributed by atoms with E-state index in [1.165, 1.54) is 0 Å². The van der Waals surface area contributed by atoms with Crippen LogP contribution in [0.5, 0.6) is 5.75 Å². The van der Waals surface area contributed by atoms with Crippen molar-refractivity contribution in [1.29, 1.82) is 0 Å². The number of benzene rings is 2. The van der Waals surface area contributed by atoms with Crippen LogP contribution >= 0.6 is 12.2 Å². The first-order valence-electron chi connectivity index (χ1n) is 8.28. The smallest absolute Gasteiger partial charge is 0.184 e. The lowest BCUT2D eigenvalue weighted by atomic mass is 10.1. The predicted octanol–water partition coefficient (Wildman–Crippen LogP) is 3.28. The Morgan fingerprint density at radius 1 is 1.20 bits per heavy atom. The second-order valence-corrected chi connectivity index (χ2v) is 5.84. The maximum atomic E-state index is 6.05. The van der Waals surface area contributed by atoms with Crippen LogP contribution in [0.3, 0.4) is 0 Å². The van der Waals surface area contributed by atoms with Crippen molar-refractivity contribution in [1.82, 2.24) is 5.43 Å². The SMILES string of the molecule is CCN(CC)c1ccc(/C=N/NC(N)=S)c(OCc2ccccc2)c1. The van der Waals surface area contributed by atoms with Crippen LogP contribution in [0, 0.1) is 0 Å². The molecule has 0 fully saturated rings. The number of thiocarbonyl (C=S) groups is 1. The van der Waals surface area contributed by atoms with Gasteiger partial charge in [0.15, 0.2) is 5.11 Å². The van der Waals surface area contributed by atoms with Crippen LogP contribution in [0.4, 0.5) is 5.69 Å². The molecule has 0 unspecified atom stereocenters. The lowest BCUT2D eigenvalue weighted by molar-refractivity contribution is 0.306. The zero-order chi connectivity index (χ0) is 18.1. The third kappa shape index (κ3) is 5.76. The highest BCUT2D eigenvalue weighted by Gasteiger charge is 2.08. The maximum Gasteiger partial charge on any atom is 0.184 e. The number of hydrogen-bond donors (Lipinski definition) is 2. The first kappa shape index (κ1) is 18.7. The normalized spacial score (nSPS) is 10.6. The van der Waals surface area contributed by atoms with Gasteiger partial charge in [-0.25, -0.2) is 0 Å². The summed E-state index contributed by atoms with van der Waals surface area (Å²) >= 11 is 4.76. The van der Waals surface area contributed by atoms with Crippen molar-refractivity contribution in [2.24, 2.45) is 10.8 Å². The van der Waals surface area contributed by atoms with Crippen LogP contribution in [0.2, 0.25) is 0 Å². The number of nitrogens with one attached hydrogen (secondary N) is 1. The highest BCUT2D eigenvalue weighted by Crippen LogP contribution is 2.26. The standard InChI is InChI=1S/C19H24N4OS/c1-3-23(4-2)17-11-10-16(13-21-22-19(20)25)18(12-17)24-14-15-8-6-5-7-9-15/h5-13H,3-4,14H2,1-2H3,(H3,20,22,25)/b21-13+. The summed E-state index contributed by atoms with van der Waals surface area (Å²) < 4.78 is 6.05. The van der Waals surface area contributed by atoms with Crippen molar-refractivity contribution in [2.75, 3.05) is 18.0 Å². The van der Waals surface area contributed by atoms with E-state index in [4.69, 9.17) is 22.7 Å². The van der Waals surface area contributed by atoms with E-state index < -0.39 is 0 Å². The molecule has 0 amide bonds. The van der Waals surface area contributed by atoms with Crippen LogP contribution in [-0.2, 0) is 6.61 Å². The first-order valence-corrected chi connectivity index (χ1v) is 8.69. The Hall–Kier alpha value is -2.60. The molecule has 0 spiro atoms. The monoisotopic (exact) mass is 356 g/mol. The van der Waals surface area contributed by atoms with Gasteiger partial charge >= 0.3 is 0 Å². The summed E-state index contributed by atoms with van der Waals surface area (Å²) in [6.07, 6.45) is 1.66. The lowest BCUT2D eigenvalue weighted by Crippen LogP contribution is -2.24. The molecule has 5 nitrogen and oxygen atoms in total. The molecule has 0 heterocycles. The number of nitrogens with two attached hydrogens (primary N) is 1. The van der Waals surface area contributed by atoms with Crippen LogP contribution in [0.1, 0.15) is 25.0 Å². The summed E-state index contributed by atoms with van der Waals surface area (Å²) in [5.41, 5.74) is 11.1. The van der Waals surface area contributed by atoms with Crippen molar-refractivity contribution in [3.8, 4) is 5.75 Å². The molecule has 0 aromatic heterocycles. The van der Waals surface area contributed by atoms with E-state index in [2.05, 4.69) is 35.3 Å². The molecule has 0 bridgehead atoms. The van der Waals surface area contributed by atoms with E-state index in [1.807, 2.05) is 42.5 Å². The minimum absolute atomic E-state index is 0.128. The number of anilines is 1. The second kappa shape index (κ2) is 9.64. The average Bonchev–Trinajstić information content (AvgIpc) is 2.63. The fraction of sp³-hybridized carbons (Fsp3) is 0.263. The number of ether oxygens (including phenoxy) is 1. The van der Waals surface area contributed by atoms with E-state index in [1.54, 1.807) is 6.21 Å². The van der Waals surface area contributed by atoms with Gasteiger partial charge in [0.25, 0.3) is 0 Å². The Bertz CT molecular complexity index is 715. The molecule has 0 saturated carbocycles. The fourth-order valence-electron chi connectivity index (χ4n) is 2.44. The van der Waals surface area contributed by atoms with E-state index >= 15 is 0 Å². The van der Waals surface area contributed by atoms with Gasteiger partial charge in [-0.1, -0.05) is 30.3 Å². The van der Waals surface area contributed by atoms with Crippen molar-refractivity contribution in [2.45, 2.75) is 20.5 Å². The van der Waals surface area contributed by atoms with E-state index in [0.717, 1.165) is 35.7 Å². The third-order valence-electron chi connectivity index (χ3n) is 3.74. The van der Waals surface area contributed by atoms with Crippen molar-refractivity contribution < 1.29 is 4.74 Å². The van der Waals surface area contributed by atoms with Crippen LogP contribution in [0.15, 0.2) is 53.6 Å². The second-order valence-electron chi connectivity index (χ2n) is 5.40. The highest BCUT2D eigenvalue weighted by molar-refractivity contribution is 7.80. The molecule has 132 valence electrons.